The Kier molecular flexibility index (Phi) is 24.6. The normalized spacial score (nSPS) is 8.52. The standard InChI is InChI=1S/3C6H5.C5H.2CO.3CH3.Mo.Sb.Sn.H/c3*1-2-4-6-5-3-1;1-2-4-5-3-1;2*1-2;;;;;;;/h3*1-5H;1H;;;3*1H3;;;;/q;;;-5;;;;;;;;;. The molecule has 0 aliphatic carbocycles. The molecule has 2 nitrogen and oxygen atoms in total. The Balaban J connectivity index is 0. The Morgan fingerprint density at radius 3 is 1.03 bits per heavy atom. The number of hydrogen-bond acceptors (Lipinski definition) is 0. The van der Waals surface area contributed by atoms with Gasteiger partial charge in [0.2, 0.25) is 0 Å². The summed E-state index contributed by atoms with van der Waals surface area (Å²) >= 11 is -2.52. The zero-order valence-corrected chi connectivity index (χ0v) is 26.7. The van der Waals surface area contributed by atoms with Crippen molar-refractivity contribution in [3.63, 3.8) is 0 Å². The topological polar surface area (TPSA) is 39.8 Å². The molecule has 0 N–H and O–H groups in total. The number of rotatable bonds is 3. The second-order valence-electron chi connectivity index (χ2n) is 6.66. The molecule has 0 heterocycles. The van der Waals surface area contributed by atoms with Gasteiger partial charge in [-0.2, -0.15) is 0 Å². The molecule has 4 aromatic carbocycles. The Morgan fingerprint density at radius 2 is 0.848 bits per heavy atom. The van der Waals surface area contributed by atoms with E-state index < -0.39 is 40.0 Å². The summed E-state index contributed by atoms with van der Waals surface area (Å²) in [5.41, 5.74) is 0. The molecule has 170 valence electrons. The van der Waals surface area contributed by atoms with Crippen molar-refractivity contribution in [2.45, 2.75) is 14.8 Å². The Morgan fingerprint density at radius 1 is 0.606 bits per heavy atom. The van der Waals surface area contributed by atoms with Gasteiger partial charge >= 0.3 is 179 Å². The summed E-state index contributed by atoms with van der Waals surface area (Å²) in [6.07, 6.45) is 0. The van der Waals surface area contributed by atoms with Crippen LogP contribution in [0, 0.1) is 37.6 Å². The van der Waals surface area contributed by atoms with Crippen molar-refractivity contribution in [1.82, 2.24) is 0 Å². The van der Waals surface area contributed by atoms with Gasteiger partial charge < -0.3 is 30.3 Å². The fraction of sp³-hybridized carbons (Fsp3) is 0.107. The molecule has 0 amide bonds. The van der Waals surface area contributed by atoms with Gasteiger partial charge in [0.15, 0.2) is 0 Å². The van der Waals surface area contributed by atoms with Gasteiger partial charge in [-0.1, -0.05) is 0 Å². The van der Waals surface area contributed by atoms with Gasteiger partial charge in [0, 0.05) is 21.1 Å². The van der Waals surface area contributed by atoms with Gasteiger partial charge in [0.1, 0.15) is 0 Å². The van der Waals surface area contributed by atoms with Crippen molar-refractivity contribution in [3.8, 4) is 0 Å². The van der Waals surface area contributed by atoms with Crippen LogP contribution in [0.2, 0.25) is 14.8 Å². The van der Waals surface area contributed by atoms with E-state index in [1.165, 1.54) is 10.5 Å². The molecule has 2 radical (unpaired) electrons. The fourth-order valence-electron chi connectivity index (χ4n) is 2.49. The summed E-state index contributed by atoms with van der Waals surface area (Å²) in [7, 11) is 0. The summed E-state index contributed by atoms with van der Waals surface area (Å²) in [4.78, 5) is 7.09. The van der Waals surface area contributed by atoms with Gasteiger partial charge in [-0.25, -0.2) is 0 Å². The molecular weight excluding hydrogens is 705 g/mol. The molecule has 0 aliphatic heterocycles. The predicted octanol–water partition coefficient (Wildman–Crippen LogP) is 3.83. The molecule has 0 bridgehead atoms. The van der Waals surface area contributed by atoms with Gasteiger partial charge in [-0.15, -0.1) is 0 Å². The molecule has 4 rings (SSSR count). The SMILES string of the molecule is [C-]#[O+].[C-]#[O+].[CH3][Sn]([CH3])[CH3].[Mo].[c-]1[c-][c-][cH-][c-]1.c1cc[c]([SbH]([c]2ccccc2)[c]2ccccc2)cc1. The van der Waals surface area contributed by atoms with Crippen LogP contribution < -0.4 is 10.5 Å². The summed E-state index contributed by atoms with van der Waals surface area (Å²) in [6.45, 7) is 9.00. The third kappa shape index (κ3) is 16.1. The van der Waals surface area contributed by atoms with E-state index >= 15 is 0 Å². The molecular formula is C28H26MoO2SbSn-5. The molecule has 33 heavy (non-hydrogen) atoms. The van der Waals surface area contributed by atoms with E-state index in [1.54, 1.807) is 6.07 Å². The fourth-order valence-corrected chi connectivity index (χ4v) is 9.85. The number of benzene rings is 3. The third-order valence-electron chi connectivity index (χ3n) is 3.54. The van der Waals surface area contributed by atoms with Crippen LogP contribution in [0.3, 0.4) is 0 Å². The van der Waals surface area contributed by atoms with Crippen molar-refractivity contribution in [2.75, 3.05) is 0 Å². The van der Waals surface area contributed by atoms with Crippen molar-refractivity contribution < 1.29 is 30.4 Å². The van der Waals surface area contributed by atoms with E-state index in [9.17, 15) is 0 Å². The zero-order chi connectivity index (χ0) is 24.0. The Labute approximate surface area is 228 Å². The van der Waals surface area contributed by atoms with Crippen molar-refractivity contribution in [1.29, 1.82) is 0 Å². The monoisotopic (exact) mass is 733 g/mol. The predicted molar refractivity (Wildman–Crippen MR) is 134 cm³/mol. The minimum absolute atomic E-state index is 0. The van der Waals surface area contributed by atoms with E-state index in [1.807, 2.05) is 0 Å². The van der Waals surface area contributed by atoms with Crippen LogP contribution in [0.5, 0.6) is 0 Å². The first kappa shape index (κ1) is 34.0. The molecule has 5 heteroatoms. The molecule has 0 saturated carbocycles. The average molecular weight is 731 g/mol. The minimum atomic E-state index is -1.98. The van der Waals surface area contributed by atoms with E-state index in [-0.39, 0.29) is 21.1 Å². The Bertz CT molecular complexity index is 822. The van der Waals surface area contributed by atoms with Crippen molar-refractivity contribution >= 4 is 50.5 Å². The molecule has 0 fully saturated rings. The van der Waals surface area contributed by atoms with Gasteiger partial charge in [-0.3, -0.25) is 0 Å². The molecule has 0 aromatic heterocycles. The molecule has 0 spiro atoms. The summed E-state index contributed by atoms with van der Waals surface area (Å²) < 4.78 is 19.6. The van der Waals surface area contributed by atoms with Crippen molar-refractivity contribution in [2.24, 2.45) is 0 Å². The van der Waals surface area contributed by atoms with Crippen LogP contribution in [-0.4, -0.2) is 40.0 Å². The van der Waals surface area contributed by atoms with E-state index in [0.29, 0.717) is 0 Å². The van der Waals surface area contributed by atoms with Crippen LogP contribution in [0.1, 0.15) is 0 Å². The second kappa shape index (κ2) is 23.9. The molecule has 0 saturated heterocycles. The first-order chi connectivity index (χ1) is 15.7. The summed E-state index contributed by atoms with van der Waals surface area (Å²) in [5, 5.41) is 0. The van der Waals surface area contributed by atoms with E-state index in [4.69, 9.17) is 9.30 Å². The zero-order valence-electron chi connectivity index (χ0n) is 19.0. The molecule has 0 unspecified atom stereocenters. The van der Waals surface area contributed by atoms with Gasteiger partial charge in [0.25, 0.3) is 0 Å². The van der Waals surface area contributed by atoms with Crippen LogP contribution in [0.4, 0.5) is 0 Å². The van der Waals surface area contributed by atoms with Crippen LogP contribution in [0.25, 0.3) is 0 Å². The quantitative estimate of drug-likeness (QED) is 0.175. The first-order valence-electron chi connectivity index (χ1n) is 9.72. The molecule has 4 aromatic rings. The van der Waals surface area contributed by atoms with Gasteiger partial charge in [-0.05, 0) is 0 Å². The van der Waals surface area contributed by atoms with E-state index in [0.717, 1.165) is 0 Å². The van der Waals surface area contributed by atoms with Crippen molar-refractivity contribution in [3.05, 3.63) is 135 Å². The third-order valence-corrected chi connectivity index (χ3v) is 11.3. The van der Waals surface area contributed by atoms with Crippen LogP contribution >= 0.6 is 0 Å². The summed E-state index contributed by atoms with van der Waals surface area (Å²) in [5.74, 6) is 0. The second-order valence-corrected chi connectivity index (χ2v) is 22.3. The molecule has 0 aliphatic rings. The number of hydrogen-bond donors (Lipinski definition) is 0. The van der Waals surface area contributed by atoms with E-state index in [2.05, 4.69) is 143 Å². The van der Waals surface area contributed by atoms with Gasteiger partial charge in [0.05, 0.1) is 0 Å². The molecule has 0 atom stereocenters. The Hall–Kier alpha value is -1.20. The van der Waals surface area contributed by atoms with Crippen LogP contribution in [-0.2, 0) is 30.4 Å². The first-order valence-corrected chi connectivity index (χ1v) is 22.6. The maximum absolute atomic E-state index is 7.50. The maximum atomic E-state index is 7.50. The van der Waals surface area contributed by atoms with Crippen LogP contribution in [0.15, 0.2) is 97.1 Å². The average Bonchev–Trinajstić information content (AvgIpc) is 3.44. The summed E-state index contributed by atoms with van der Waals surface area (Å²) in [6, 6.07) is 44.9.